The average Bonchev–Trinajstić information content (AvgIpc) is 2.85. The molecule has 3 rings (SSSR count). The molecule has 2 aromatic rings. The van der Waals surface area contributed by atoms with Crippen LogP contribution in [0.4, 0.5) is 5.82 Å². The molecule has 0 fully saturated rings. The number of aromatic nitrogens is 2. The molecule has 0 bridgehead atoms. The summed E-state index contributed by atoms with van der Waals surface area (Å²) in [6.45, 7) is 4.89. The highest BCUT2D eigenvalue weighted by Crippen LogP contribution is 2.31. The molecule has 0 unspecified atom stereocenters. The number of benzene rings is 1. The Labute approximate surface area is 124 Å². The summed E-state index contributed by atoms with van der Waals surface area (Å²) in [7, 11) is 0. The van der Waals surface area contributed by atoms with Crippen LogP contribution in [0, 0.1) is 6.92 Å². The summed E-state index contributed by atoms with van der Waals surface area (Å²) >= 11 is 1.72. The molecule has 1 aromatic heterocycles. The summed E-state index contributed by atoms with van der Waals surface area (Å²) in [6, 6.07) is 8.81. The van der Waals surface area contributed by atoms with Crippen LogP contribution in [0.25, 0.3) is 0 Å². The fraction of sp³-hybridized carbons (Fsp3) is 0.375. The number of nitrogens with zero attached hydrogens (tertiary/aromatic N) is 2. The van der Waals surface area contributed by atoms with Crippen molar-refractivity contribution in [2.45, 2.75) is 43.0 Å². The van der Waals surface area contributed by atoms with Crippen LogP contribution in [0.3, 0.4) is 0 Å². The van der Waals surface area contributed by atoms with Gasteiger partial charge in [0, 0.05) is 17.5 Å². The third kappa shape index (κ3) is 2.96. The zero-order valence-electron chi connectivity index (χ0n) is 11.9. The van der Waals surface area contributed by atoms with Crippen molar-refractivity contribution in [3.8, 4) is 0 Å². The molecule has 0 saturated heterocycles. The standard InChI is InChI=1S/C16H19N3S/c1-3-17-15-10-16(19-11(2)18-15)20-14-8-7-12-5-4-6-13(12)9-14/h7-10H,3-6H2,1-2H3,(H,17,18,19). The second kappa shape index (κ2) is 5.83. The number of fused-ring (bicyclic) bond motifs is 1. The van der Waals surface area contributed by atoms with Crippen molar-refractivity contribution in [1.29, 1.82) is 0 Å². The maximum Gasteiger partial charge on any atom is 0.130 e. The fourth-order valence-electron chi connectivity index (χ4n) is 2.60. The molecule has 1 N–H and O–H groups in total. The molecule has 1 aromatic carbocycles. The van der Waals surface area contributed by atoms with Gasteiger partial charge in [-0.1, -0.05) is 17.8 Å². The lowest BCUT2D eigenvalue weighted by Gasteiger charge is -2.08. The van der Waals surface area contributed by atoms with Crippen LogP contribution in [0.2, 0.25) is 0 Å². The molecule has 1 aliphatic rings. The molecule has 0 saturated carbocycles. The molecule has 20 heavy (non-hydrogen) atoms. The van der Waals surface area contributed by atoms with Crippen molar-refractivity contribution >= 4 is 17.6 Å². The number of aryl methyl sites for hydroxylation is 3. The first-order chi connectivity index (χ1) is 9.74. The summed E-state index contributed by atoms with van der Waals surface area (Å²) < 4.78 is 0. The van der Waals surface area contributed by atoms with E-state index in [0.29, 0.717) is 0 Å². The second-order valence-corrected chi connectivity index (χ2v) is 6.15. The van der Waals surface area contributed by atoms with Crippen molar-refractivity contribution in [3.05, 3.63) is 41.2 Å². The van der Waals surface area contributed by atoms with Crippen molar-refractivity contribution in [3.63, 3.8) is 0 Å². The predicted molar refractivity (Wildman–Crippen MR) is 83.5 cm³/mol. The summed E-state index contributed by atoms with van der Waals surface area (Å²) in [4.78, 5) is 10.2. The van der Waals surface area contributed by atoms with E-state index in [1.165, 1.54) is 35.3 Å². The molecule has 1 aliphatic carbocycles. The van der Waals surface area contributed by atoms with E-state index >= 15 is 0 Å². The topological polar surface area (TPSA) is 37.8 Å². The molecule has 3 nitrogen and oxygen atoms in total. The zero-order valence-corrected chi connectivity index (χ0v) is 12.8. The Kier molecular flexibility index (Phi) is 3.92. The molecular formula is C16H19N3S. The first-order valence-corrected chi connectivity index (χ1v) is 7.95. The zero-order chi connectivity index (χ0) is 13.9. The third-order valence-corrected chi connectivity index (χ3v) is 4.37. The van der Waals surface area contributed by atoms with Gasteiger partial charge >= 0.3 is 0 Å². The minimum atomic E-state index is 0.812. The Morgan fingerprint density at radius 3 is 2.85 bits per heavy atom. The Balaban J connectivity index is 1.83. The molecule has 104 valence electrons. The van der Waals surface area contributed by atoms with E-state index in [1.807, 2.05) is 13.0 Å². The first kappa shape index (κ1) is 13.4. The third-order valence-electron chi connectivity index (χ3n) is 3.46. The Morgan fingerprint density at radius 1 is 1.15 bits per heavy atom. The van der Waals surface area contributed by atoms with Gasteiger partial charge in [0.1, 0.15) is 16.7 Å². The van der Waals surface area contributed by atoms with E-state index in [0.717, 1.165) is 23.2 Å². The van der Waals surface area contributed by atoms with Gasteiger partial charge in [-0.3, -0.25) is 0 Å². The number of hydrogen-bond acceptors (Lipinski definition) is 4. The van der Waals surface area contributed by atoms with Gasteiger partial charge < -0.3 is 5.32 Å². The van der Waals surface area contributed by atoms with Crippen molar-refractivity contribution < 1.29 is 0 Å². The summed E-state index contributed by atoms with van der Waals surface area (Å²) in [5.41, 5.74) is 3.02. The molecule has 0 aliphatic heterocycles. The van der Waals surface area contributed by atoms with E-state index in [-0.39, 0.29) is 0 Å². The van der Waals surface area contributed by atoms with Crippen LogP contribution in [-0.2, 0) is 12.8 Å². The molecule has 1 heterocycles. The second-order valence-electron chi connectivity index (χ2n) is 5.06. The number of anilines is 1. The molecule has 4 heteroatoms. The van der Waals surface area contributed by atoms with E-state index in [4.69, 9.17) is 0 Å². The van der Waals surface area contributed by atoms with Crippen LogP contribution < -0.4 is 5.32 Å². The average molecular weight is 285 g/mol. The van der Waals surface area contributed by atoms with Gasteiger partial charge in [-0.25, -0.2) is 9.97 Å². The van der Waals surface area contributed by atoms with Crippen molar-refractivity contribution in [2.75, 3.05) is 11.9 Å². The maximum absolute atomic E-state index is 4.52. The molecule has 0 spiro atoms. The van der Waals surface area contributed by atoms with Crippen LogP contribution in [0.15, 0.2) is 34.2 Å². The lowest BCUT2D eigenvalue weighted by molar-refractivity contribution is 0.911. The Hall–Kier alpha value is -1.55. The first-order valence-electron chi connectivity index (χ1n) is 7.14. The van der Waals surface area contributed by atoms with Crippen LogP contribution in [0.1, 0.15) is 30.3 Å². The fourth-order valence-corrected chi connectivity index (χ4v) is 3.52. The van der Waals surface area contributed by atoms with Crippen molar-refractivity contribution in [2.24, 2.45) is 0 Å². The van der Waals surface area contributed by atoms with Crippen LogP contribution in [-0.4, -0.2) is 16.5 Å². The van der Waals surface area contributed by atoms with Gasteiger partial charge in [-0.2, -0.15) is 0 Å². The molecule has 0 amide bonds. The largest absolute Gasteiger partial charge is 0.370 e. The normalized spacial score (nSPS) is 13.3. The SMILES string of the molecule is CCNc1cc(Sc2ccc3c(c2)CCC3)nc(C)n1. The van der Waals surface area contributed by atoms with Crippen LogP contribution in [0.5, 0.6) is 0 Å². The highest BCUT2D eigenvalue weighted by atomic mass is 32.2. The smallest absolute Gasteiger partial charge is 0.130 e. The highest BCUT2D eigenvalue weighted by molar-refractivity contribution is 7.99. The van der Waals surface area contributed by atoms with Gasteiger partial charge in [-0.05, 0) is 56.4 Å². The van der Waals surface area contributed by atoms with E-state index in [9.17, 15) is 0 Å². The monoisotopic (exact) mass is 285 g/mol. The summed E-state index contributed by atoms with van der Waals surface area (Å²) in [5, 5.41) is 4.26. The van der Waals surface area contributed by atoms with Gasteiger partial charge in [0.25, 0.3) is 0 Å². The highest BCUT2D eigenvalue weighted by Gasteiger charge is 2.12. The van der Waals surface area contributed by atoms with Crippen LogP contribution >= 0.6 is 11.8 Å². The molecular weight excluding hydrogens is 266 g/mol. The van der Waals surface area contributed by atoms with Gasteiger partial charge in [0.05, 0.1) is 0 Å². The number of nitrogens with one attached hydrogen (secondary N) is 1. The van der Waals surface area contributed by atoms with Crippen molar-refractivity contribution in [1.82, 2.24) is 9.97 Å². The summed E-state index contributed by atoms with van der Waals surface area (Å²) in [5.74, 6) is 1.72. The Bertz CT molecular complexity index is 625. The predicted octanol–water partition coefficient (Wildman–Crippen LogP) is 3.86. The lowest BCUT2D eigenvalue weighted by atomic mass is 10.1. The Morgan fingerprint density at radius 2 is 2.00 bits per heavy atom. The number of rotatable bonds is 4. The minimum absolute atomic E-state index is 0.812. The lowest BCUT2D eigenvalue weighted by Crippen LogP contribution is -2.02. The van der Waals surface area contributed by atoms with E-state index in [2.05, 4.69) is 40.4 Å². The maximum atomic E-state index is 4.52. The van der Waals surface area contributed by atoms with Gasteiger partial charge in [0.15, 0.2) is 0 Å². The van der Waals surface area contributed by atoms with E-state index in [1.54, 1.807) is 11.8 Å². The van der Waals surface area contributed by atoms with E-state index < -0.39 is 0 Å². The van der Waals surface area contributed by atoms with Gasteiger partial charge in [-0.15, -0.1) is 0 Å². The minimum Gasteiger partial charge on any atom is -0.370 e. The number of hydrogen-bond donors (Lipinski definition) is 1. The van der Waals surface area contributed by atoms with Gasteiger partial charge in [0.2, 0.25) is 0 Å². The quantitative estimate of drug-likeness (QED) is 0.866. The molecule has 0 atom stereocenters. The summed E-state index contributed by atoms with van der Waals surface area (Å²) in [6.07, 6.45) is 3.74. The molecule has 0 radical (unpaired) electrons.